The molecule has 3 aromatic rings. The number of rotatable bonds is 3. The maximum atomic E-state index is 11.6. The number of para-hydroxylation sites is 1. The van der Waals surface area contributed by atoms with Crippen molar-refractivity contribution < 1.29 is 4.79 Å². The Kier molecular flexibility index (Phi) is 3.81. The predicted octanol–water partition coefficient (Wildman–Crippen LogP) is 2.90. The zero-order valence-electron chi connectivity index (χ0n) is 12.7. The molecule has 4 rings (SSSR count). The molecule has 3 heterocycles. The van der Waals surface area contributed by atoms with Crippen LogP contribution < -0.4 is 5.32 Å². The summed E-state index contributed by atoms with van der Waals surface area (Å²) in [5.41, 5.74) is 3.22. The summed E-state index contributed by atoms with van der Waals surface area (Å²) in [6, 6.07) is 14.6. The third kappa shape index (κ3) is 2.98. The number of piperazine rings is 1. The number of pyridine rings is 1. The van der Waals surface area contributed by atoms with Gasteiger partial charge in [0.25, 0.3) is 0 Å². The molecule has 1 aliphatic heterocycles. The number of thiophene rings is 1. The van der Waals surface area contributed by atoms with E-state index in [0.717, 1.165) is 29.7 Å². The lowest BCUT2D eigenvalue weighted by Gasteiger charge is -2.27. The fourth-order valence-electron chi connectivity index (χ4n) is 2.97. The average Bonchev–Trinajstić information content (AvgIpc) is 3.08. The van der Waals surface area contributed by atoms with Gasteiger partial charge in [-0.25, -0.2) is 4.98 Å². The number of amides is 1. The van der Waals surface area contributed by atoms with E-state index in [0.29, 0.717) is 13.1 Å². The first-order chi connectivity index (χ1) is 11.3. The molecule has 0 unspecified atom stereocenters. The monoisotopic (exact) mass is 323 g/mol. The summed E-state index contributed by atoms with van der Waals surface area (Å²) in [6.45, 7) is 2.80. The van der Waals surface area contributed by atoms with Crippen molar-refractivity contribution in [3.8, 4) is 10.6 Å². The van der Waals surface area contributed by atoms with Crippen LogP contribution in [-0.4, -0.2) is 35.4 Å². The first-order valence-corrected chi connectivity index (χ1v) is 8.59. The minimum Gasteiger partial charge on any atom is -0.354 e. The summed E-state index contributed by atoms with van der Waals surface area (Å²) < 4.78 is 0. The third-order valence-electron chi connectivity index (χ3n) is 4.07. The standard InChI is InChI=1S/C18H17N3OS/c22-17-12-21(8-7-19-17)11-14-10-13-4-1-2-5-15(13)20-18(14)16-6-3-9-23-16/h1-6,9-10H,7-8,11-12H2,(H,19,22). The van der Waals surface area contributed by atoms with Gasteiger partial charge in [-0.05, 0) is 29.1 Å². The zero-order valence-corrected chi connectivity index (χ0v) is 13.5. The van der Waals surface area contributed by atoms with Gasteiger partial charge >= 0.3 is 0 Å². The minimum atomic E-state index is 0.0997. The SMILES string of the molecule is O=C1CN(Cc2cc3ccccc3nc2-c2cccs2)CCN1. The lowest BCUT2D eigenvalue weighted by atomic mass is 10.1. The summed E-state index contributed by atoms with van der Waals surface area (Å²) in [6.07, 6.45) is 0. The van der Waals surface area contributed by atoms with Crippen LogP contribution in [0.1, 0.15) is 5.56 Å². The summed E-state index contributed by atoms with van der Waals surface area (Å²) >= 11 is 1.70. The highest BCUT2D eigenvalue weighted by Crippen LogP contribution is 2.30. The molecule has 116 valence electrons. The second-order valence-electron chi connectivity index (χ2n) is 5.73. The quantitative estimate of drug-likeness (QED) is 0.806. The number of benzene rings is 1. The number of carbonyl (C=O) groups is 1. The molecule has 0 aliphatic carbocycles. The van der Waals surface area contributed by atoms with Crippen LogP contribution in [0.5, 0.6) is 0 Å². The normalized spacial score (nSPS) is 15.7. The van der Waals surface area contributed by atoms with Crippen molar-refractivity contribution in [2.45, 2.75) is 6.54 Å². The maximum absolute atomic E-state index is 11.6. The molecule has 5 heteroatoms. The first kappa shape index (κ1) is 14.4. The smallest absolute Gasteiger partial charge is 0.234 e. The van der Waals surface area contributed by atoms with Crippen molar-refractivity contribution in [2.24, 2.45) is 0 Å². The lowest BCUT2D eigenvalue weighted by Crippen LogP contribution is -2.47. The Morgan fingerprint density at radius 1 is 1.22 bits per heavy atom. The molecule has 1 amide bonds. The summed E-state index contributed by atoms with van der Waals surface area (Å²) in [5.74, 6) is 0.0997. The molecule has 0 saturated carbocycles. The number of aromatic nitrogens is 1. The maximum Gasteiger partial charge on any atom is 0.234 e. The Hall–Kier alpha value is -2.24. The van der Waals surface area contributed by atoms with Crippen molar-refractivity contribution in [1.29, 1.82) is 0 Å². The van der Waals surface area contributed by atoms with Gasteiger partial charge in [0, 0.05) is 25.0 Å². The van der Waals surface area contributed by atoms with E-state index in [9.17, 15) is 4.79 Å². The van der Waals surface area contributed by atoms with Crippen molar-refractivity contribution >= 4 is 28.1 Å². The van der Waals surface area contributed by atoms with Crippen LogP contribution >= 0.6 is 11.3 Å². The van der Waals surface area contributed by atoms with Gasteiger partial charge in [-0.3, -0.25) is 9.69 Å². The van der Waals surface area contributed by atoms with Crippen LogP contribution in [0.25, 0.3) is 21.5 Å². The van der Waals surface area contributed by atoms with Crippen molar-refractivity contribution in [2.75, 3.05) is 19.6 Å². The van der Waals surface area contributed by atoms with E-state index in [-0.39, 0.29) is 5.91 Å². The second-order valence-corrected chi connectivity index (χ2v) is 6.67. The van der Waals surface area contributed by atoms with E-state index in [4.69, 9.17) is 4.98 Å². The Balaban J connectivity index is 1.76. The van der Waals surface area contributed by atoms with E-state index >= 15 is 0 Å². The van der Waals surface area contributed by atoms with Crippen molar-refractivity contribution in [1.82, 2.24) is 15.2 Å². The number of carbonyl (C=O) groups excluding carboxylic acids is 1. The third-order valence-corrected chi connectivity index (χ3v) is 4.95. The predicted molar refractivity (Wildman–Crippen MR) is 93.3 cm³/mol. The molecule has 2 aromatic heterocycles. The van der Waals surface area contributed by atoms with Crippen molar-refractivity contribution in [3.05, 3.63) is 53.4 Å². The van der Waals surface area contributed by atoms with Gasteiger partial charge in [-0.2, -0.15) is 0 Å². The highest BCUT2D eigenvalue weighted by molar-refractivity contribution is 7.13. The lowest BCUT2D eigenvalue weighted by molar-refractivity contribution is -0.124. The van der Waals surface area contributed by atoms with E-state index in [2.05, 4.69) is 39.9 Å². The van der Waals surface area contributed by atoms with Gasteiger partial charge in [0.2, 0.25) is 5.91 Å². The number of fused-ring (bicyclic) bond motifs is 1. The molecule has 1 aromatic carbocycles. The molecule has 0 bridgehead atoms. The van der Waals surface area contributed by atoms with Gasteiger partial charge in [-0.15, -0.1) is 11.3 Å². The molecule has 4 nitrogen and oxygen atoms in total. The zero-order chi connectivity index (χ0) is 15.6. The molecule has 0 spiro atoms. The van der Waals surface area contributed by atoms with Crippen molar-refractivity contribution in [3.63, 3.8) is 0 Å². The number of hydrogen-bond acceptors (Lipinski definition) is 4. The van der Waals surface area contributed by atoms with E-state index < -0.39 is 0 Å². The van der Waals surface area contributed by atoms with Gasteiger partial charge in [0.05, 0.1) is 22.6 Å². The Morgan fingerprint density at radius 3 is 2.96 bits per heavy atom. The topological polar surface area (TPSA) is 45.2 Å². The molecule has 1 saturated heterocycles. The molecule has 1 N–H and O–H groups in total. The van der Waals surface area contributed by atoms with E-state index in [1.165, 1.54) is 10.4 Å². The molecule has 1 aliphatic rings. The summed E-state index contributed by atoms with van der Waals surface area (Å²) in [5, 5.41) is 6.09. The Bertz CT molecular complexity index is 845. The van der Waals surface area contributed by atoms with E-state index in [1.807, 2.05) is 18.2 Å². The Morgan fingerprint density at radius 2 is 2.13 bits per heavy atom. The van der Waals surface area contributed by atoms with Crippen LogP contribution in [0.3, 0.4) is 0 Å². The number of hydrogen-bond donors (Lipinski definition) is 1. The van der Waals surface area contributed by atoms with Crippen LogP contribution in [0, 0.1) is 0 Å². The van der Waals surface area contributed by atoms with Gasteiger partial charge in [-0.1, -0.05) is 24.3 Å². The van der Waals surface area contributed by atoms with Gasteiger partial charge < -0.3 is 5.32 Å². The Labute approximate surface area is 138 Å². The highest BCUT2D eigenvalue weighted by atomic mass is 32.1. The van der Waals surface area contributed by atoms with Crippen LogP contribution in [0.4, 0.5) is 0 Å². The fraction of sp³-hybridized carbons (Fsp3) is 0.222. The molecule has 0 radical (unpaired) electrons. The molecule has 1 fully saturated rings. The highest BCUT2D eigenvalue weighted by Gasteiger charge is 2.19. The number of nitrogens with zero attached hydrogens (tertiary/aromatic N) is 2. The fourth-order valence-corrected chi connectivity index (χ4v) is 3.72. The van der Waals surface area contributed by atoms with E-state index in [1.54, 1.807) is 11.3 Å². The van der Waals surface area contributed by atoms with Crippen LogP contribution in [-0.2, 0) is 11.3 Å². The molecular formula is C18H17N3OS. The molecular weight excluding hydrogens is 306 g/mol. The van der Waals surface area contributed by atoms with Crippen LogP contribution in [0.2, 0.25) is 0 Å². The average molecular weight is 323 g/mol. The molecule has 23 heavy (non-hydrogen) atoms. The molecule has 0 atom stereocenters. The minimum absolute atomic E-state index is 0.0997. The van der Waals surface area contributed by atoms with Crippen LogP contribution in [0.15, 0.2) is 47.8 Å². The number of nitrogens with one attached hydrogen (secondary N) is 1. The first-order valence-electron chi connectivity index (χ1n) is 7.71. The summed E-state index contributed by atoms with van der Waals surface area (Å²) in [4.78, 5) is 19.9. The largest absolute Gasteiger partial charge is 0.354 e. The summed E-state index contributed by atoms with van der Waals surface area (Å²) in [7, 11) is 0. The second kappa shape index (κ2) is 6.10. The van der Waals surface area contributed by atoms with Gasteiger partial charge in [0.1, 0.15) is 0 Å². The van der Waals surface area contributed by atoms with Gasteiger partial charge in [0.15, 0.2) is 0 Å².